The van der Waals surface area contributed by atoms with E-state index in [4.69, 9.17) is 14.2 Å². The molecule has 2 aromatic rings. The molecule has 0 aliphatic heterocycles. The Kier molecular flexibility index (Phi) is 19.6. The molecule has 0 radical (unpaired) electrons. The van der Waals surface area contributed by atoms with Crippen molar-refractivity contribution in [3.8, 4) is 0 Å². The zero-order chi connectivity index (χ0) is 41.2. The van der Waals surface area contributed by atoms with Crippen molar-refractivity contribution >= 4 is 66.1 Å². The van der Waals surface area contributed by atoms with Crippen LogP contribution in [0.5, 0.6) is 0 Å². The van der Waals surface area contributed by atoms with Crippen molar-refractivity contribution in [2.24, 2.45) is 5.92 Å². The molecule has 302 valence electrons. The second-order valence-electron chi connectivity index (χ2n) is 15.1. The fraction of sp³-hybridized carbons (Fsp3) is 0.513. The molecule has 0 fully saturated rings. The van der Waals surface area contributed by atoms with Crippen LogP contribution < -0.4 is 16.0 Å². The molecule has 13 nitrogen and oxygen atoms in total. The molecule has 1 aromatic carbocycles. The number of hydrogen-bond donors (Lipinski definition) is 3. The van der Waals surface area contributed by atoms with E-state index >= 15 is 0 Å². The summed E-state index contributed by atoms with van der Waals surface area (Å²) in [7, 11) is -1.45. The smallest absolute Gasteiger partial charge is 0.408 e. The van der Waals surface area contributed by atoms with Crippen LogP contribution in [0.1, 0.15) is 75.4 Å². The number of ether oxygens (including phenoxy) is 3. The molecule has 16 heteroatoms. The van der Waals surface area contributed by atoms with Gasteiger partial charge in [0.05, 0.1) is 19.6 Å². The lowest BCUT2D eigenvalue weighted by molar-refractivity contribution is -0.156. The minimum absolute atomic E-state index is 0.0308. The number of carbonyl (C=O) groups excluding carboxylic acids is 6. The molecule has 0 bridgehead atoms. The number of nitrogens with zero attached hydrogens (tertiary/aromatic N) is 1. The number of carbonyl (C=O) groups is 6. The van der Waals surface area contributed by atoms with Gasteiger partial charge in [-0.15, -0.1) is 11.3 Å². The predicted octanol–water partition coefficient (Wildman–Crippen LogP) is 6.57. The lowest BCUT2D eigenvalue weighted by Crippen LogP contribution is -2.48. The van der Waals surface area contributed by atoms with Crippen LogP contribution >= 0.6 is 23.1 Å². The van der Waals surface area contributed by atoms with Gasteiger partial charge < -0.3 is 30.2 Å². The van der Waals surface area contributed by atoms with Gasteiger partial charge in [-0.05, 0) is 57.7 Å². The zero-order valence-electron chi connectivity index (χ0n) is 33.3. The van der Waals surface area contributed by atoms with Gasteiger partial charge in [-0.2, -0.15) is 0 Å². The van der Waals surface area contributed by atoms with Gasteiger partial charge in [0.15, 0.2) is 5.12 Å². The Morgan fingerprint density at radius 3 is 2.35 bits per heavy atom. The summed E-state index contributed by atoms with van der Waals surface area (Å²) < 4.78 is 16.4. The van der Waals surface area contributed by atoms with Crippen LogP contribution in [0, 0.1) is 5.92 Å². The molecule has 2 atom stereocenters. The van der Waals surface area contributed by atoms with Gasteiger partial charge in [-0.1, -0.05) is 87.7 Å². The summed E-state index contributed by atoms with van der Waals surface area (Å²) in [6, 6.07) is 9.12. The van der Waals surface area contributed by atoms with Crippen molar-refractivity contribution < 1.29 is 43.0 Å². The minimum Gasteiger partial charge on any atom is -0.466 e. The Morgan fingerprint density at radius 2 is 1.73 bits per heavy atom. The topological polar surface area (TPSA) is 179 Å². The van der Waals surface area contributed by atoms with Crippen LogP contribution in [-0.4, -0.2) is 78.1 Å². The fourth-order valence-electron chi connectivity index (χ4n) is 4.49. The third-order valence-corrected chi connectivity index (χ3v) is 10.9. The maximum absolute atomic E-state index is 13.5. The highest BCUT2D eigenvalue weighted by Crippen LogP contribution is 2.16. The normalized spacial score (nSPS) is 13.2. The predicted molar refractivity (Wildman–Crippen MR) is 218 cm³/mol. The van der Waals surface area contributed by atoms with Crippen molar-refractivity contribution in [3.05, 3.63) is 75.9 Å². The second kappa shape index (κ2) is 22.9. The molecule has 3 amide bonds. The molecule has 0 aliphatic carbocycles. The summed E-state index contributed by atoms with van der Waals surface area (Å²) in [5.74, 6) is -2.62. The molecule has 2 rings (SSSR count). The molecule has 0 aliphatic rings. The van der Waals surface area contributed by atoms with Gasteiger partial charge in [0.25, 0.3) is 11.8 Å². The van der Waals surface area contributed by atoms with Crippen LogP contribution in [0.3, 0.4) is 0 Å². The van der Waals surface area contributed by atoms with Gasteiger partial charge in [-0.3, -0.25) is 19.2 Å². The Balaban J connectivity index is 2.05. The number of alkyl carbamates (subject to hydrolysis) is 1. The number of hydrogen-bond acceptors (Lipinski definition) is 12. The second-order valence-corrected chi connectivity index (χ2v) is 22.9. The summed E-state index contributed by atoms with van der Waals surface area (Å²) in [6.45, 7) is 17.1. The summed E-state index contributed by atoms with van der Waals surface area (Å²) >= 11 is 2.35. The van der Waals surface area contributed by atoms with E-state index in [-0.39, 0.29) is 36.1 Å². The maximum Gasteiger partial charge on any atom is 0.408 e. The first-order valence-corrected chi connectivity index (χ1v) is 23.8. The third kappa shape index (κ3) is 19.7. The summed E-state index contributed by atoms with van der Waals surface area (Å²) in [5, 5.41) is 9.73. The third-order valence-electron chi connectivity index (χ3n) is 7.40. The molecular weight excluding hydrogens is 761 g/mol. The van der Waals surface area contributed by atoms with Crippen LogP contribution in [-0.2, 0) is 46.4 Å². The van der Waals surface area contributed by atoms with E-state index < -0.39 is 61.6 Å². The first-order chi connectivity index (χ1) is 25.8. The molecule has 3 N–H and O–H groups in total. The monoisotopic (exact) mass is 816 g/mol. The Bertz CT molecular complexity index is 1660. The van der Waals surface area contributed by atoms with Crippen molar-refractivity contribution in [3.63, 3.8) is 0 Å². The molecule has 1 heterocycles. The number of aromatic nitrogens is 1. The van der Waals surface area contributed by atoms with E-state index in [9.17, 15) is 28.8 Å². The Labute approximate surface area is 333 Å². The first kappa shape index (κ1) is 46.9. The summed E-state index contributed by atoms with van der Waals surface area (Å²) in [5.41, 5.74) is 0.179. The molecule has 0 spiro atoms. The molecule has 2 unspecified atom stereocenters. The minimum atomic E-state index is -1.45. The van der Waals surface area contributed by atoms with Crippen LogP contribution in [0.25, 0.3) is 0 Å². The molecular formula is C39H56N4O9S2Si. The summed E-state index contributed by atoms with van der Waals surface area (Å²) in [6.07, 6.45) is 3.70. The molecule has 0 saturated heterocycles. The highest BCUT2D eigenvalue weighted by Gasteiger charge is 2.30. The van der Waals surface area contributed by atoms with E-state index in [1.807, 2.05) is 30.3 Å². The molecule has 55 heavy (non-hydrogen) atoms. The van der Waals surface area contributed by atoms with Gasteiger partial charge in [0.1, 0.15) is 34.1 Å². The van der Waals surface area contributed by atoms with Crippen LogP contribution in [0.4, 0.5) is 4.79 Å². The number of allylic oxidation sites excluding steroid dienone is 2. The molecule has 0 saturated carbocycles. The number of amides is 3. The molecule has 1 aromatic heterocycles. The lowest BCUT2D eigenvalue weighted by Gasteiger charge is -2.24. The van der Waals surface area contributed by atoms with Crippen molar-refractivity contribution in [1.82, 2.24) is 20.9 Å². The number of esters is 2. The average molecular weight is 817 g/mol. The lowest BCUT2D eigenvalue weighted by atomic mass is 10.0. The van der Waals surface area contributed by atoms with Gasteiger partial charge >= 0.3 is 18.0 Å². The van der Waals surface area contributed by atoms with Gasteiger partial charge in [0.2, 0.25) is 0 Å². The van der Waals surface area contributed by atoms with Crippen molar-refractivity contribution in [2.75, 3.05) is 12.4 Å². The maximum atomic E-state index is 13.5. The van der Waals surface area contributed by atoms with Crippen LogP contribution in [0.15, 0.2) is 59.6 Å². The van der Waals surface area contributed by atoms with Crippen LogP contribution in [0.2, 0.25) is 25.7 Å². The number of benzene rings is 1. The Morgan fingerprint density at radius 1 is 1.04 bits per heavy atom. The van der Waals surface area contributed by atoms with Crippen molar-refractivity contribution in [1.29, 1.82) is 0 Å². The first-order valence-electron chi connectivity index (χ1n) is 18.2. The van der Waals surface area contributed by atoms with E-state index in [0.717, 1.165) is 22.9 Å². The highest BCUT2D eigenvalue weighted by atomic mass is 32.2. The van der Waals surface area contributed by atoms with E-state index in [0.29, 0.717) is 23.6 Å². The van der Waals surface area contributed by atoms with Crippen molar-refractivity contribution in [2.45, 2.75) is 111 Å². The van der Waals surface area contributed by atoms with E-state index in [1.165, 1.54) is 23.2 Å². The average Bonchev–Trinajstić information content (AvgIpc) is 3.56. The largest absolute Gasteiger partial charge is 0.466 e. The quantitative estimate of drug-likeness (QED) is 0.0329. The van der Waals surface area contributed by atoms with Gasteiger partial charge in [0, 0.05) is 25.6 Å². The zero-order valence-corrected chi connectivity index (χ0v) is 35.9. The standard InChI is InChI=1S/C39H56N4O9S2Si/c1-10-29(42-36(47)30-25-54-31(41-30)24-40-38(49)52-39(4,5)6)35(46)43-34(26(2)3)37(48)51-28(23-32(44)50-19-21-55(7,8)9)18-14-15-20-53-33(45)22-27-16-12-11-13-17-27/h10-14,16-18,25-26,28,34H,15,19-24H2,1-9H3,(H,40,49)(H,42,47)(H,43,46). The Hall–Kier alpha value is -4.28. The van der Waals surface area contributed by atoms with Gasteiger partial charge in [-0.25, -0.2) is 14.6 Å². The van der Waals surface area contributed by atoms with E-state index in [2.05, 4.69) is 40.6 Å². The fourth-order valence-corrected chi connectivity index (χ4v) is 6.67. The van der Waals surface area contributed by atoms with E-state index in [1.54, 1.807) is 53.7 Å². The number of nitrogens with one attached hydrogen (secondary N) is 3. The number of thiazole rings is 1. The highest BCUT2D eigenvalue weighted by molar-refractivity contribution is 8.13. The SMILES string of the molecule is CC=C(NC(=O)c1csc(CNC(=O)OC(C)(C)C)n1)C(=O)NC(C(=O)OC(C=CCCSC(=O)Cc1ccccc1)CC(=O)OCC[Si](C)(C)C)C(C)C. The number of thioether (sulfide) groups is 1. The number of rotatable bonds is 20. The summed E-state index contributed by atoms with van der Waals surface area (Å²) in [4.78, 5) is 81.3.